The van der Waals surface area contributed by atoms with Crippen LogP contribution in [-0.4, -0.2) is 41.4 Å². The van der Waals surface area contributed by atoms with Crippen LogP contribution in [0.4, 0.5) is 10.2 Å². The Bertz CT molecular complexity index is 604. The topological polar surface area (TPSA) is 58.5 Å². The van der Waals surface area contributed by atoms with Gasteiger partial charge in [-0.1, -0.05) is 0 Å². The predicted molar refractivity (Wildman–Crippen MR) is 75.6 cm³/mol. The van der Waals surface area contributed by atoms with Crippen LogP contribution in [0.3, 0.4) is 0 Å². The average Bonchev–Trinajstić information content (AvgIpc) is 2.43. The SMILES string of the molecule is COc1cc2c(N(CCO)C(C)C)ncnc2cc1F. The van der Waals surface area contributed by atoms with Crippen LogP contribution in [0.5, 0.6) is 5.75 Å². The number of aromatic nitrogens is 2. The maximum Gasteiger partial charge on any atom is 0.167 e. The monoisotopic (exact) mass is 279 g/mol. The van der Waals surface area contributed by atoms with Gasteiger partial charge in [0.15, 0.2) is 11.6 Å². The van der Waals surface area contributed by atoms with E-state index in [1.807, 2.05) is 18.7 Å². The molecule has 20 heavy (non-hydrogen) atoms. The van der Waals surface area contributed by atoms with E-state index in [4.69, 9.17) is 4.74 Å². The van der Waals surface area contributed by atoms with Gasteiger partial charge in [0.05, 0.1) is 19.2 Å². The molecule has 108 valence electrons. The third-order valence-electron chi connectivity index (χ3n) is 3.12. The van der Waals surface area contributed by atoms with Crippen LogP contribution in [-0.2, 0) is 0 Å². The Morgan fingerprint density at radius 2 is 2.10 bits per heavy atom. The zero-order valence-corrected chi connectivity index (χ0v) is 11.8. The lowest BCUT2D eigenvalue weighted by molar-refractivity contribution is 0.298. The van der Waals surface area contributed by atoms with Crippen LogP contribution < -0.4 is 9.64 Å². The number of rotatable bonds is 5. The van der Waals surface area contributed by atoms with Crippen molar-refractivity contribution in [2.45, 2.75) is 19.9 Å². The van der Waals surface area contributed by atoms with Crippen LogP contribution in [0.2, 0.25) is 0 Å². The zero-order chi connectivity index (χ0) is 14.7. The number of hydrogen-bond acceptors (Lipinski definition) is 5. The van der Waals surface area contributed by atoms with Crippen molar-refractivity contribution in [3.8, 4) is 5.75 Å². The molecule has 0 aliphatic rings. The summed E-state index contributed by atoms with van der Waals surface area (Å²) in [7, 11) is 1.42. The Kier molecular flexibility index (Phi) is 4.34. The maximum atomic E-state index is 13.7. The summed E-state index contributed by atoms with van der Waals surface area (Å²) >= 11 is 0. The van der Waals surface area contributed by atoms with E-state index in [0.29, 0.717) is 23.3 Å². The molecule has 0 atom stereocenters. The summed E-state index contributed by atoms with van der Waals surface area (Å²) < 4.78 is 18.7. The molecule has 2 rings (SSSR count). The van der Waals surface area contributed by atoms with Crippen LogP contribution in [0.25, 0.3) is 10.9 Å². The Morgan fingerprint density at radius 3 is 2.70 bits per heavy atom. The largest absolute Gasteiger partial charge is 0.494 e. The quantitative estimate of drug-likeness (QED) is 0.907. The van der Waals surface area contributed by atoms with Crippen molar-refractivity contribution >= 4 is 16.7 Å². The second-order valence-electron chi connectivity index (χ2n) is 4.71. The molecule has 1 aromatic carbocycles. The van der Waals surface area contributed by atoms with E-state index in [9.17, 15) is 9.50 Å². The molecule has 0 aliphatic heterocycles. The second-order valence-corrected chi connectivity index (χ2v) is 4.71. The minimum absolute atomic E-state index is 0.0159. The smallest absolute Gasteiger partial charge is 0.167 e. The Labute approximate surface area is 117 Å². The first kappa shape index (κ1) is 14.5. The summed E-state index contributed by atoms with van der Waals surface area (Å²) in [6.07, 6.45) is 1.40. The van der Waals surface area contributed by atoms with Crippen LogP contribution in [0, 0.1) is 5.82 Å². The minimum atomic E-state index is -0.456. The molecule has 6 heteroatoms. The first-order valence-electron chi connectivity index (χ1n) is 6.44. The fraction of sp³-hybridized carbons (Fsp3) is 0.429. The Morgan fingerprint density at radius 1 is 1.35 bits per heavy atom. The molecule has 5 nitrogen and oxygen atoms in total. The number of nitrogens with zero attached hydrogens (tertiary/aromatic N) is 3. The fourth-order valence-electron chi connectivity index (χ4n) is 2.15. The molecule has 0 fully saturated rings. The molecule has 1 heterocycles. The second kappa shape index (κ2) is 6.00. The van der Waals surface area contributed by atoms with Crippen molar-refractivity contribution < 1.29 is 14.2 Å². The standard InChI is InChI=1S/C14H18FN3O2/c1-9(2)18(4-5-19)14-10-6-13(20-3)11(15)7-12(10)16-8-17-14/h6-9,19H,4-5H2,1-3H3. The first-order chi connectivity index (χ1) is 9.58. The highest BCUT2D eigenvalue weighted by Crippen LogP contribution is 2.29. The van der Waals surface area contributed by atoms with Gasteiger partial charge in [-0.05, 0) is 19.9 Å². The fourth-order valence-corrected chi connectivity index (χ4v) is 2.15. The molecule has 1 N–H and O–H groups in total. The molecule has 0 amide bonds. The lowest BCUT2D eigenvalue weighted by Gasteiger charge is -2.28. The molecule has 0 bridgehead atoms. The highest BCUT2D eigenvalue weighted by Gasteiger charge is 2.17. The molecular weight excluding hydrogens is 261 g/mol. The molecule has 2 aromatic rings. The molecule has 0 aliphatic carbocycles. The van der Waals surface area contributed by atoms with Gasteiger partial charge in [0, 0.05) is 24.0 Å². The molecule has 0 spiro atoms. The maximum absolute atomic E-state index is 13.7. The van der Waals surface area contributed by atoms with Gasteiger partial charge < -0.3 is 14.7 Å². The van der Waals surface area contributed by atoms with Gasteiger partial charge in [-0.15, -0.1) is 0 Å². The molecule has 0 saturated heterocycles. The van der Waals surface area contributed by atoms with Gasteiger partial charge in [-0.25, -0.2) is 14.4 Å². The lowest BCUT2D eigenvalue weighted by Crippen LogP contribution is -2.34. The number of benzene rings is 1. The van der Waals surface area contributed by atoms with Gasteiger partial charge in [-0.3, -0.25) is 0 Å². The van der Waals surface area contributed by atoms with Crippen LogP contribution in [0.15, 0.2) is 18.5 Å². The normalized spacial score (nSPS) is 11.1. The highest BCUT2D eigenvalue weighted by molar-refractivity contribution is 5.90. The third-order valence-corrected chi connectivity index (χ3v) is 3.12. The van der Waals surface area contributed by atoms with E-state index < -0.39 is 5.82 Å². The number of halogens is 1. The molecule has 0 radical (unpaired) electrons. The van der Waals surface area contributed by atoms with Gasteiger partial charge in [-0.2, -0.15) is 0 Å². The van der Waals surface area contributed by atoms with Crippen LogP contribution in [0.1, 0.15) is 13.8 Å². The number of anilines is 1. The summed E-state index contributed by atoms with van der Waals surface area (Å²) in [6.45, 7) is 4.47. The first-order valence-corrected chi connectivity index (χ1v) is 6.44. The number of methoxy groups -OCH3 is 1. The number of ether oxygens (including phenoxy) is 1. The number of aliphatic hydroxyl groups excluding tert-OH is 1. The van der Waals surface area contributed by atoms with Crippen molar-refractivity contribution in [2.75, 3.05) is 25.2 Å². The zero-order valence-electron chi connectivity index (χ0n) is 11.8. The highest BCUT2D eigenvalue weighted by atomic mass is 19.1. The summed E-state index contributed by atoms with van der Waals surface area (Å²) in [5, 5.41) is 9.90. The van der Waals surface area contributed by atoms with E-state index in [1.165, 1.54) is 19.5 Å². The summed E-state index contributed by atoms with van der Waals surface area (Å²) in [5.41, 5.74) is 0.511. The van der Waals surface area contributed by atoms with Crippen molar-refractivity contribution in [2.24, 2.45) is 0 Å². The molecule has 0 unspecified atom stereocenters. The van der Waals surface area contributed by atoms with Crippen molar-refractivity contribution in [3.63, 3.8) is 0 Å². The Hall–Kier alpha value is -1.95. The summed E-state index contributed by atoms with van der Waals surface area (Å²) in [6, 6.07) is 3.07. The van der Waals surface area contributed by atoms with E-state index >= 15 is 0 Å². The minimum Gasteiger partial charge on any atom is -0.494 e. The molecule has 0 saturated carbocycles. The molecule has 1 aromatic heterocycles. The van der Waals surface area contributed by atoms with Gasteiger partial charge in [0.2, 0.25) is 0 Å². The van der Waals surface area contributed by atoms with Gasteiger partial charge in [0.25, 0.3) is 0 Å². The summed E-state index contributed by atoms with van der Waals surface area (Å²) in [5.74, 6) is 0.363. The van der Waals surface area contributed by atoms with Gasteiger partial charge >= 0.3 is 0 Å². The third kappa shape index (κ3) is 2.65. The number of hydrogen-bond donors (Lipinski definition) is 1. The van der Waals surface area contributed by atoms with Crippen LogP contribution >= 0.6 is 0 Å². The van der Waals surface area contributed by atoms with Crippen molar-refractivity contribution in [3.05, 3.63) is 24.3 Å². The van der Waals surface area contributed by atoms with E-state index in [2.05, 4.69) is 9.97 Å². The van der Waals surface area contributed by atoms with E-state index in [0.717, 1.165) is 0 Å². The van der Waals surface area contributed by atoms with Gasteiger partial charge in [0.1, 0.15) is 12.1 Å². The lowest BCUT2D eigenvalue weighted by atomic mass is 10.2. The molecular formula is C14H18FN3O2. The van der Waals surface area contributed by atoms with Crippen molar-refractivity contribution in [1.82, 2.24) is 9.97 Å². The van der Waals surface area contributed by atoms with E-state index in [1.54, 1.807) is 6.07 Å². The Balaban J connectivity index is 2.63. The number of aliphatic hydroxyl groups is 1. The van der Waals surface area contributed by atoms with Crippen molar-refractivity contribution in [1.29, 1.82) is 0 Å². The van der Waals surface area contributed by atoms with E-state index in [-0.39, 0.29) is 18.4 Å². The predicted octanol–water partition coefficient (Wildman–Crippen LogP) is 1.98. The average molecular weight is 279 g/mol. The summed E-state index contributed by atoms with van der Waals surface area (Å²) in [4.78, 5) is 10.3. The number of fused-ring (bicyclic) bond motifs is 1.